The number of carbonyl (C=O) groups excluding carboxylic acids is 1. The second kappa shape index (κ2) is 9.57. The van der Waals surface area contributed by atoms with Crippen molar-refractivity contribution in [2.24, 2.45) is 5.92 Å². The lowest BCUT2D eigenvalue weighted by Gasteiger charge is -2.33. The minimum absolute atomic E-state index is 0.121. The van der Waals surface area contributed by atoms with Gasteiger partial charge in [-0.3, -0.25) is 4.79 Å². The van der Waals surface area contributed by atoms with E-state index in [0.29, 0.717) is 37.3 Å². The van der Waals surface area contributed by atoms with Crippen LogP contribution in [-0.2, 0) is 21.4 Å². The van der Waals surface area contributed by atoms with Gasteiger partial charge in [0.05, 0.1) is 17.4 Å². The smallest absolute Gasteiger partial charge is 0.243 e. The average molecular weight is 435 g/mol. The zero-order valence-electron chi connectivity index (χ0n) is 17.3. The van der Waals surface area contributed by atoms with Crippen molar-refractivity contribution in [1.82, 2.24) is 9.21 Å². The van der Waals surface area contributed by atoms with Crippen LogP contribution in [0, 0.1) is 11.7 Å². The summed E-state index contributed by atoms with van der Waals surface area (Å²) >= 11 is 0. The van der Waals surface area contributed by atoms with Crippen molar-refractivity contribution >= 4 is 15.9 Å². The molecule has 8 heteroatoms. The molecule has 1 unspecified atom stereocenters. The Hall–Kier alpha value is -2.45. The first-order valence-electron chi connectivity index (χ1n) is 10.0. The normalized spacial score (nSPS) is 17.5. The van der Waals surface area contributed by atoms with Gasteiger partial charge in [-0.25, -0.2) is 12.8 Å². The van der Waals surface area contributed by atoms with Crippen LogP contribution in [0.5, 0.6) is 5.75 Å². The van der Waals surface area contributed by atoms with Crippen molar-refractivity contribution in [2.45, 2.75) is 31.2 Å². The van der Waals surface area contributed by atoms with E-state index in [2.05, 4.69) is 0 Å². The highest BCUT2D eigenvalue weighted by Crippen LogP contribution is 2.26. The predicted molar refractivity (Wildman–Crippen MR) is 112 cm³/mol. The van der Waals surface area contributed by atoms with Gasteiger partial charge in [0.15, 0.2) is 0 Å². The van der Waals surface area contributed by atoms with Gasteiger partial charge in [0.1, 0.15) is 11.6 Å². The molecule has 1 saturated heterocycles. The second-order valence-electron chi connectivity index (χ2n) is 7.39. The zero-order chi connectivity index (χ0) is 21.7. The molecule has 1 atom stereocenters. The number of ether oxygens (including phenoxy) is 1. The van der Waals surface area contributed by atoms with Gasteiger partial charge in [0, 0.05) is 32.2 Å². The second-order valence-corrected chi connectivity index (χ2v) is 9.33. The molecule has 30 heavy (non-hydrogen) atoms. The SMILES string of the molecule is CCOc1ccc(S(=O)(=O)N2CCCC(C(=O)N(C)Cc3ccccc3F)C2)cc1. The lowest BCUT2D eigenvalue weighted by atomic mass is 9.98. The van der Waals surface area contributed by atoms with Crippen LogP contribution < -0.4 is 4.74 Å². The summed E-state index contributed by atoms with van der Waals surface area (Å²) in [4.78, 5) is 14.6. The van der Waals surface area contributed by atoms with Crippen molar-refractivity contribution in [3.05, 3.63) is 59.9 Å². The molecule has 0 aromatic heterocycles. The first kappa shape index (κ1) is 22.2. The fourth-order valence-electron chi connectivity index (χ4n) is 3.66. The Morgan fingerprint density at radius 2 is 1.90 bits per heavy atom. The minimum Gasteiger partial charge on any atom is -0.494 e. The lowest BCUT2D eigenvalue weighted by Crippen LogP contribution is -2.45. The van der Waals surface area contributed by atoms with E-state index in [1.165, 1.54) is 27.4 Å². The average Bonchev–Trinajstić information content (AvgIpc) is 2.75. The molecular formula is C22H27FN2O4S. The first-order valence-corrected chi connectivity index (χ1v) is 11.5. The number of rotatable bonds is 7. The minimum atomic E-state index is -3.70. The third kappa shape index (κ3) is 4.99. The van der Waals surface area contributed by atoms with Crippen molar-refractivity contribution in [2.75, 3.05) is 26.7 Å². The Morgan fingerprint density at radius 3 is 2.57 bits per heavy atom. The largest absolute Gasteiger partial charge is 0.494 e. The Labute approximate surface area is 177 Å². The molecule has 2 aromatic carbocycles. The fourth-order valence-corrected chi connectivity index (χ4v) is 5.18. The summed E-state index contributed by atoms with van der Waals surface area (Å²) in [7, 11) is -2.08. The van der Waals surface area contributed by atoms with E-state index in [1.807, 2.05) is 6.92 Å². The highest BCUT2D eigenvalue weighted by molar-refractivity contribution is 7.89. The molecule has 1 aliphatic heterocycles. The van der Waals surface area contributed by atoms with Gasteiger partial charge in [-0.05, 0) is 50.1 Å². The Balaban J connectivity index is 1.69. The molecule has 1 heterocycles. The maximum Gasteiger partial charge on any atom is 0.243 e. The molecule has 0 spiro atoms. The van der Waals surface area contributed by atoms with Crippen LogP contribution >= 0.6 is 0 Å². The molecule has 3 rings (SSSR count). The van der Waals surface area contributed by atoms with Crippen molar-refractivity contribution in [3.63, 3.8) is 0 Å². The summed E-state index contributed by atoms with van der Waals surface area (Å²) in [6.45, 7) is 3.00. The van der Waals surface area contributed by atoms with Gasteiger partial charge in [-0.1, -0.05) is 18.2 Å². The number of sulfonamides is 1. The summed E-state index contributed by atoms with van der Waals surface area (Å²) in [6.07, 6.45) is 1.20. The summed E-state index contributed by atoms with van der Waals surface area (Å²) in [5, 5.41) is 0. The number of benzene rings is 2. The van der Waals surface area contributed by atoms with E-state index in [4.69, 9.17) is 4.74 Å². The number of piperidine rings is 1. The van der Waals surface area contributed by atoms with E-state index >= 15 is 0 Å². The number of nitrogens with zero attached hydrogens (tertiary/aromatic N) is 2. The molecule has 1 amide bonds. The molecule has 6 nitrogen and oxygen atoms in total. The van der Waals surface area contributed by atoms with Crippen molar-refractivity contribution < 1.29 is 22.3 Å². The van der Waals surface area contributed by atoms with Crippen LogP contribution in [0.25, 0.3) is 0 Å². The first-order chi connectivity index (χ1) is 14.3. The molecule has 1 aliphatic rings. The molecular weight excluding hydrogens is 407 g/mol. The number of hydrogen-bond donors (Lipinski definition) is 0. The van der Waals surface area contributed by atoms with Gasteiger partial charge >= 0.3 is 0 Å². The number of carbonyl (C=O) groups is 1. The van der Waals surface area contributed by atoms with Crippen LogP contribution in [0.1, 0.15) is 25.3 Å². The molecule has 0 aliphatic carbocycles. The summed E-state index contributed by atoms with van der Waals surface area (Å²) in [5.74, 6) is -0.378. The van der Waals surface area contributed by atoms with E-state index in [1.54, 1.807) is 37.4 Å². The molecule has 0 radical (unpaired) electrons. The van der Waals surface area contributed by atoms with Gasteiger partial charge in [0.25, 0.3) is 0 Å². The number of amides is 1. The highest BCUT2D eigenvalue weighted by Gasteiger charge is 2.34. The van der Waals surface area contributed by atoms with E-state index in [9.17, 15) is 17.6 Å². The van der Waals surface area contributed by atoms with Gasteiger partial charge in [-0.2, -0.15) is 4.31 Å². The molecule has 0 N–H and O–H groups in total. The van der Waals surface area contributed by atoms with Crippen LogP contribution in [0.15, 0.2) is 53.4 Å². The van der Waals surface area contributed by atoms with E-state index in [-0.39, 0.29) is 29.7 Å². The van der Waals surface area contributed by atoms with Crippen molar-refractivity contribution in [3.8, 4) is 5.75 Å². The Bertz CT molecular complexity index is 979. The molecule has 0 saturated carbocycles. The van der Waals surface area contributed by atoms with E-state index in [0.717, 1.165) is 0 Å². The molecule has 2 aromatic rings. The monoisotopic (exact) mass is 434 g/mol. The molecule has 0 bridgehead atoms. The maximum absolute atomic E-state index is 13.9. The van der Waals surface area contributed by atoms with Gasteiger partial charge in [0.2, 0.25) is 15.9 Å². The summed E-state index contributed by atoms with van der Waals surface area (Å²) in [5.41, 5.74) is 0.433. The standard InChI is InChI=1S/C22H27FN2O4S/c1-3-29-19-10-12-20(13-11-19)30(27,28)25-14-6-8-18(16-25)22(26)24(2)15-17-7-4-5-9-21(17)23/h4-5,7,9-13,18H,3,6,8,14-16H2,1-2H3. The fraction of sp³-hybridized carbons (Fsp3) is 0.409. The highest BCUT2D eigenvalue weighted by atomic mass is 32.2. The molecule has 1 fully saturated rings. The maximum atomic E-state index is 13.9. The Kier molecular flexibility index (Phi) is 7.10. The van der Waals surface area contributed by atoms with Gasteiger partial charge < -0.3 is 9.64 Å². The molecule has 162 valence electrons. The van der Waals surface area contributed by atoms with E-state index < -0.39 is 15.9 Å². The quantitative estimate of drug-likeness (QED) is 0.671. The summed E-state index contributed by atoms with van der Waals surface area (Å²) < 4.78 is 46.7. The van der Waals surface area contributed by atoms with Crippen LogP contribution in [0.2, 0.25) is 0 Å². The summed E-state index contributed by atoms with van der Waals surface area (Å²) in [6, 6.07) is 12.6. The third-order valence-electron chi connectivity index (χ3n) is 5.25. The zero-order valence-corrected chi connectivity index (χ0v) is 18.1. The van der Waals surface area contributed by atoms with Crippen molar-refractivity contribution in [1.29, 1.82) is 0 Å². The van der Waals surface area contributed by atoms with Crippen LogP contribution in [-0.4, -0.2) is 50.3 Å². The van der Waals surface area contributed by atoms with Crippen LogP contribution in [0.4, 0.5) is 4.39 Å². The van der Waals surface area contributed by atoms with Crippen LogP contribution in [0.3, 0.4) is 0 Å². The van der Waals surface area contributed by atoms with Gasteiger partial charge in [-0.15, -0.1) is 0 Å². The Morgan fingerprint density at radius 1 is 1.20 bits per heavy atom. The third-order valence-corrected chi connectivity index (χ3v) is 7.13. The number of halogens is 1. The lowest BCUT2D eigenvalue weighted by molar-refractivity contribution is -0.135. The predicted octanol–water partition coefficient (Wildman–Crippen LogP) is 3.28. The topological polar surface area (TPSA) is 66.9 Å². The number of hydrogen-bond acceptors (Lipinski definition) is 4.